The highest BCUT2D eigenvalue weighted by molar-refractivity contribution is 5.88. The Balaban J connectivity index is 1.47. The molecule has 144 valence electrons. The van der Waals surface area contributed by atoms with Gasteiger partial charge < -0.3 is 5.32 Å². The molecule has 3 aliphatic carbocycles. The molecule has 0 aromatic carbocycles. The lowest BCUT2D eigenvalue weighted by atomic mass is 9.60. The van der Waals surface area contributed by atoms with Crippen molar-refractivity contribution in [2.24, 2.45) is 17.8 Å². The first-order valence-electron chi connectivity index (χ1n) is 9.70. The minimum atomic E-state index is -0.438. The number of ketones is 1. The zero-order valence-electron chi connectivity index (χ0n) is 15.5. The van der Waals surface area contributed by atoms with Crippen LogP contribution in [-0.4, -0.2) is 37.0 Å². The number of aromatic amines is 1. The maximum absolute atomic E-state index is 13.6. The number of anilines is 1. The Morgan fingerprint density at radius 1 is 1.21 bits per heavy atom. The van der Waals surface area contributed by atoms with Gasteiger partial charge in [-0.05, 0) is 56.6 Å². The third kappa shape index (κ3) is 2.83. The van der Waals surface area contributed by atoms with Crippen LogP contribution in [0.1, 0.15) is 32.6 Å². The number of carbonyl (C=O) groups excluding carboxylic acids is 1. The van der Waals surface area contributed by atoms with Crippen molar-refractivity contribution in [2.45, 2.75) is 38.6 Å². The molecule has 2 atom stereocenters. The number of aromatic nitrogens is 5. The summed E-state index contributed by atoms with van der Waals surface area (Å²) in [6.07, 6.45) is 7.38. The average molecular weight is 380 g/mol. The highest BCUT2D eigenvalue weighted by atomic mass is 19.1. The molecule has 7 nitrogen and oxygen atoms in total. The lowest BCUT2D eigenvalue weighted by Crippen LogP contribution is -2.51. The van der Waals surface area contributed by atoms with Crippen LogP contribution in [0.2, 0.25) is 0 Å². The van der Waals surface area contributed by atoms with E-state index in [1.807, 2.05) is 0 Å². The molecule has 0 amide bonds. The standard InChI is InChI=1S/C20H21FN6O/c1-10(28)16-11-2-4-12(5-3-11)17(16)24-15-6-7-22-20(25-15)18-14-8-13(21)9-23-19(14)27-26-18/h6-9,11-12,16-17H,2-5H2,1H3,(H,22,24,25)(H,23,26,27)/t11?,12?,16-,17?/m1/s1. The Bertz CT molecular complexity index is 1040. The smallest absolute Gasteiger partial charge is 0.182 e. The molecule has 2 bridgehead atoms. The summed E-state index contributed by atoms with van der Waals surface area (Å²) in [5.41, 5.74) is 0.943. The largest absolute Gasteiger partial charge is 0.366 e. The Hall–Kier alpha value is -2.90. The summed E-state index contributed by atoms with van der Waals surface area (Å²) in [6.45, 7) is 1.70. The summed E-state index contributed by atoms with van der Waals surface area (Å²) in [7, 11) is 0. The van der Waals surface area contributed by atoms with Crippen LogP contribution in [0.5, 0.6) is 0 Å². The van der Waals surface area contributed by atoms with E-state index in [1.54, 1.807) is 19.2 Å². The maximum atomic E-state index is 13.6. The monoisotopic (exact) mass is 380 g/mol. The number of nitrogens with zero attached hydrogens (tertiary/aromatic N) is 4. The topological polar surface area (TPSA) is 96.5 Å². The number of nitrogens with one attached hydrogen (secondary N) is 2. The highest BCUT2D eigenvalue weighted by Gasteiger charge is 2.45. The third-order valence-electron chi connectivity index (χ3n) is 6.25. The number of H-pyrrole nitrogens is 1. The van der Waals surface area contributed by atoms with Crippen molar-refractivity contribution >= 4 is 22.6 Å². The van der Waals surface area contributed by atoms with Crippen molar-refractivity contribution in [3.8, 4) is 11.5 Å². The quantitative estimate of drug-likeness (QED) is 0.720. The first-order valence-corrected chi connectivity index (χ1v) is 9.70. The second-order valence-corrected chi connectivity index (χ2v) is 7.87. The Kier molecular flexibility index (Phi) is 4.07. The molecule has 0 spiro atoms. The van der Waals surface area contributed by atoms with Gasteiger partial charge in [0.15, 0.2) is 11.5 Å². The third-order valence-corrected chi connectivity index (χ3v) is 6.25. The molecule has 3 aromatic heterocycles. The van der Waals surface area contributed by atoms with Crippen LogP contribution in [0.25, 0.3) is 22.6 Å². The van der Waals surface area contributed by atoms with Crippen LogP contribution in [0.4, 0.5) is 10.2 Å². The molecule has 1 unspecified atom stereocenters. The van der Waals surface area contributed by atoms with Crippen LogP contribution >= 0.6 is 0 Å². The Labute approximate surface area is 161 Å². The summed E-state index contributed by atoms with van der Waals surface area (Å²) in [5, 5.41) is 11.0. The Morgan fingerprint density at radius 3 is 2.79 bits per heavy atom. The van der Waals surface area contributed by atoms with Crippen LogP contribution in [0, 0.1) is 23.6 Å². The predicted molar refractivity (Wildman–Crippen MR) is 102 cm³/mol. The number of carbonyl (C=O) groups is 1. The molecule has 3 aromatic rings. The van der Waals surface area contributed by atoms with Gasteiger partial charge in [0, 0.05) is 18.2 Å². The molecule has 28 heavy (non-hydrogen) atoms. The van der Waals surface area contributed by atoms with Crippen molar-refractivity contribution in [3.63, 3.8) is 0 Å². The fraction of sp³-hybridized carbons (Fsp3) is 0.450. The minimum Gasteiger partial charge on any atom is -0.366 e. The van der Waals surface area contributed by atoms with Gasteiger partial charge >= 0.3 is 0 Å². The van der Waals surface area contributed by atoms with Gasteiger partial charge in [-0.3, -0.25) is 9.89 Å². The maximum Gasteiger partial charge on any atom is 0.182 e. The molecule has 6 rings (SSSR count). The lowest BCUT2D eigenvalue weighted by Gasteiger charge is -2.48. The number of hydrogen-bond acceptors (Lipinski definition) is 6. The zero-order chi connectivity index (χ0) is 19.3. The number of fused-ring (bicyclic) bond motifs is 4. The van der Waals surface area contributed by atoms with E-state index < -0.39 is 5.82 Å². The van der Waals surface area contributed by atoms with Gasteiger partial charge in [0.05, 0.1) is 11.6 Å². The fourth-order valence-electron chi connectivity index (χ4n) is 5.01. The molecule has 2 N–H and O–H groups in total. The molecular formula is C20H21FN6O. The highest BCUT2D eigenvalue weighted by Crippen LogP contribution is 2.46. The Morgan fingerprint density at radius 2 is 2.00 bits per heavy atom. The molecule has 3 saturated carbocycles. The lowest BCUT2D eigenvalue weighted by molar-refractivity contribution is -0.126. The number of rotatable bonds is 4. The van der Waals surface area contributed by atoms with E-state index in [9.17, 15) is 9.18 Å². The second kappa shape index (κ2) is 6.61. The van der Waals surface area contributed by atoms with Gasteiger partial charge in [-0.2, -0.15) is 5.10 Å². The van der Waals surface area contributed by atoms with Crippen molar-refractivity contribution in [1.29, 1.82) is 0 Å². The van der Waals surface area contributed by atoms with E-state index in [1.165, 1.54) is 6.07 Å². The van der Waals surface area contributed by atoms with Crippen molar-refractivity contribution in [1.82, 2.24) is 25.1 Å². The summed E-state index contributed by atoms with van der Waals surface area (Å²) < 4.78 is 13.6. The SMILES string of the molecule is CC(=O)[C@@H]1C2CCC(CC2)C1Nc1ccnc(-c2n[nH]c3ncc(F)cc23)n1. The molecule has 3 heterocycles. The van der Waals surface area contributed by atoms with Crippen LogP contribution in [0.15, 0.2) is 24.5 Å². The normalized spacial score (nSPS) is 26.5. The van der Waals surface area contributed by atoms with Crippen LogP contribution in [0.3, 0.4) is 0 Å². The second-order valence-electron chi connectivity index (χ2n) is 7.87. The first-order chi connectivity index (χ1) is 13.6. The molecule has 0 aliphatic heterocycles. The van der Waals surface area contributed by atoms with Crippen molar-refractivity contribution in [2.75, 3.05) is 5.32 Å². The van der Waals surface area contributed by atoms with Crippen LogP contribution < -0.4 is 5.32 Å². The van der Waals surface area contributed by atoms with E-state index in [2.05, 4.69) is 30.5 Å². The molecule has 3 fully saturated rings. The molecule has 3 aliphatic rings. The molecule has 0 saturated heterocycles. The molecule has 8 heteroatoms. The summed E-state index contributed by atoms with van der Waals surface area (Å²) >= 11 is 0. The van der Waals surface area contributed by atoms with E-state index in [0.29, 0.717) is 40.2 Å². The van der Waals surface area contributed by atoms with Gasteiger partial charge in [-0.1, -0.05) is 0 Å². The van der Waals surface area contributed by atoms with Gasteiger partial charge in [0.2, 0.25) is 0 Å². The molecule has 0 radical (unpaired) electrons. The van der Waals surface area contributed by atoms with Crippen molar-refractivity contribution < 1.29 is 9.18 Å². The first kappa shape index (κ1) is 17.2. The summed E-state index contributed by atoms with van der Waals surface area (Å²) in [5.74, 6) is 1.86. The van der Waals surface area contributed by atoms with E-state index in [-0.39, 0.29) is 17.7 Å². The fourth-order valence-corrected chi connectivity index (χ4v) is 5.01. The van der Waals surface area contributed by atoms with Gasteiger partial charge in [-0.15, -0.1) is 0 Å². The number of halogens is 1. The average Bonchev–Trinajstić information content (AvgIpc) is 3.12. The van der Waals surface area contributed by atoms with Gasteiger partial charge in [-0.25, -0.2) is 19.3 Å². The summed E-state index contributed by atoms with van der Waals surface area (Å²) in [6, 6.07) is 3.27. The van der Waals surface area contributed by atoms with E-state index in [0.717, 1.165) is 31.9 Å². The number of Topliss-reactive ketones (excluding diaryl/α,β-unsaturated/α-hetero) is 1. The van der Waals surface area contributed by atoms with Gasteiger partial charge in [0.1, 0.15) is 23.1 Å². The van der Waals surface area contributed by atoms with Crippen LogP contribution in [-0.2, 0) is 4.79 Å². The predicted octanol–water partition coefficient (Wildman–Crippen LogP) is 3.36. The summed E-state index contributed by atoms with van der Waals surface area (Å²) in [4.78, 5) is 25.2. The number of pyridine rings is 1. The number of hydrogen-bond donors (Lipinski definition) is 2. The zero-order valence-corrected chi connectivity index (χ0v) is 15.5. The minimum absolute atomic E-state index is 0.0374. The van der Waals surface area contributed by atoms with Crippen molar-refractivity contribution in [3.05, 3.63) is 30.3 Å². The van der Waals surface area contributed by atoms with E-state index in [4.69, 9.17) is 0 Å². The van der Waals surface area contributed by atoms with E-state index >= 15 is 0 Å². The van der Waals surface area contributed by atoms with Gasteiger partial charge in [0.25, 0.3) is 0 Å². The molecular weight excluding hydrogens is 359 g/mol.